The lowest BCUT2D eigenvalue weighted by atomic mass is 10.1. The normalized spacial score (nSPS) is 10.9. The van der Waals surface area contributed by atoms with E-state index in [2.05, 4.69) is 48.3 Å². The monoisotopic (exact) mass is 336 g/mol. The third kappa shape index (κ3) is 4.83. The number of rotatable bonds is 7. The Morgan fingerprint density at radius 3 is 2.27 bits per heavy atom. The van der Waals surface area contributed by atoms with E-state index in [4.69, 9.17) is 11.6 Å². The highest BCUT2D eigenvalue weighted by Crippen LogP contribution is 2.21. The number of halogens is 1. The first kappa shape index (κ1) is 17.0. The van der Waals surface area contributed by atoms with Gasteiger partial charge in [0.15, 0.2) is 0 Å². The van der Waals surface area contributed by atoms with Crippen LogP contribution in [0.3, 0.4) is 0 Å². The van der Waals surface area contributed by atoms with Crippen molar-refractivity contribution in [2.45, 2.75) is 26.9 Å². The van der Waals surface area contributed by atoms with Gasteiger partial charge >= 0.3 is 0 Å². The van der Waals surface area contributed by atoms with E-state index in [0.717, 1.165) is 25.2 Å². The predicted molar refractivity (Wildman–Crippen MR) is 93.6 cm³/mol. The van der Waals surface area contributed by atoms with Crippen LogP contribution in [0.1, 0.15) is 34.6 Å². The zero-order chi connectivity index (χ0) is 15.9. The second-order valence-electron chi connectivity index (χ2n) is 5.06. The molecule has 0 aliphatic rings. The second kappa shape index (κ2) is 8.32. The number of thiophene rings is 1. The molecule has 0 spiro atoms. The summed E-state index contributed by atoms with van der Waals surface area (Å²) in [5.41, 5.74) is 2.39. The lowest BCUT2D eigenvalue weighted by Gasteiger charge is -2.18. The molecule has 5 heteroatoms. The molecule has 0 radical (unpaired) electrons. The fourth-order valence-corrected chi connectivity index (χ4v) is 3.13. The molecule has 3 nitrogen and oxygen atoms in total. The van der Waals surface area contributed by atoms with Crippen LogP contribution in [0, 0.1) is 0 Å². The number of carbonyl (C=O) groups is 1. The molecule has 0 saturated heterocycles. The number of benzene rings is 1. The molecule has 1 heterocycles. The van der Waals surface area contributed by atoms with E-state index in [1.165, 1.54) is 16.9 Å². The maximum atomic E-state index is 12.0. The van der Waals surface area contributed by atoms with Gasteiger partial charge in [0.05, 0.1) is 9.21 Å². The molecule has 1 amide bonds. The summed E-state index contributed by atoms with van der Waals surface area (Å²) in [4.78, 5) is 15.0. The Bertz CT molecular complexity index is 605. The molecule has 22 heavy (non-hydrogen) atoms. The van der Waals surface area contributed by atoms with Crippen molar-refractivity contribution in [3.8, 4) is 0 Å². The molecule has 0 unspecified atom stereocenters. The van der Waals surface area contributed by atoms with Crippen molar-refractivity contribution in [1.29, 1.82) is 0 Å². The fraction of sp³-hybridized carbons (Fsp3) is 0.353. The SMILES string of the molecule is CCN(CC)Cc1ccc(CNC(=O)c2ccc(Cl)s2)cc1. The molecule has 0 saturated carbocycles. The lowest BCUT2D eigenvalue weighted by molar-refractivity contribution is 0.0955. The van der Waals surface area contributed by atoms with Crippen LogP contribution < -0.4 is 5.32 Å². The van der Waals surface area contributed by atoms with Crippen LogP contribution >= 0.6 is 22.9 Å². The highest BCUT2D eigenvalue weighted by atomic mass is 35.5. The van der Waals surface area contributed by atoms with Crippen LogP contribution in [0.15, 0.2) is 36.4 Å². The molecule has 0 fully saturated rings. The number of hydrogen-bond acceptors (Lipinski definition) is 3. The van der Waals surface area contributed by atoms with Crippen LogP contribution in [0.2, 0.25) is 4.34 Å². The molecule has 1 N–H and O–H groups in total. The van der Waals surface area contributed by atoms with Crippen molar-refractivity contribution in [1.82, 2.24) is 10.2 Å². The van der Waals surface area contributed by atoms with Crippen LogP contribution in [-0.2, 0) is 13.1 Å². The number of amides is 1. The van der Waals surface area contributed by atoms with Crippen molar-refractivity contribution in [3.63, 3.8) is 0 Å². The maximum Gasteiger partial charge on any atom is 0.261 e. The molecule has 118 valence electrons. The molecule has 0 atom stereocenters. The molecule has 1 aromatic carbocycles. The first-order valence-electron chi connectivity index (χ1n) is 7.46. The molecule has 2 aromatic rings. The van der Waals surface area contributed by atoms with E-state index in [1.807, 2.05) is 0 Å². The van der Waals surface area contributed by atoms with Gasteiger partial charge in [-0.15, -0.1) is 11.3 Å². The van der Waals surface area contributed by atoms with E-state index in [-0.39, 0.29) is 5.91 Å². The molecule has 1 aromatic heterocycles. The Labute approximate surface area is 140 Å². The first-order chi connectivity index (χ1) is 10.6. The lowest BCUT2D eigenvalue weighted by Crippen LogP contribution is -2.22. The van der Waals surface area contributed by atoms with Gasteiger partial charge in [0.25, 0.3) is 5.91 Å². The van der Waals surface area contributed by atoms with Gasteiger partial charge in [0, 0.05) is 13.1 Å². The topological polar surface area (TPSA) is 32.3 Å². The van der Waals surface area contributed by atoms with E-state index in [1.54, 1.807) is 12.1 Å². The summed E-state index contributed by atoms with van der Waals surface area (Å²) in [5.74, 6) is -0.0795. The summed E-state index contributed by atoms with van der Waals surface area (Å²) in [6.07, 6.45) is 0. The van der Waals surface area contributed by atoms with Gasteiger partial charge in [-0.2, -0.15) is 0 Å². The third-order valence-electron chi connectivity index (χ3n) is 3.57. The largest absolute Gasteiger partial charge is 0.347 e. The number of nitrogens with zero attached hydrogens (tertiary/aromatic N) is 1. The second-order valence-corrected chi connectivity index (χ2v) is 6.78. The quantitative estimate of drug-likeness (QED) is 0.822. The van der Waals surface area contributed by atoms with Crippen molar-refractivity contribution < 1.29 is 4.79 Å². The minimum atomic E-state index is -0.0795. The average Bonchev–Trinajstić information content (AvgIpc) is 2.98. The van der Waals surface area contributed by atoms with Crippen molar-refractivity contribution in [3.05, 3.63) is 56.7 Å². The Kier molecular flexibility index (Phi) is 6.43. The standard InChI is InChI=1S/C17H21ClN2OS/c1-3-20(4-2)12-14-7-5-13(6-8-14)11-19-17(21)15-9-10-16(18)22-15/h5-10H,3-4,11-12H2,1-2H3,(H,19,21). The number of hydrogen-bond donors (Lipinski definition) is 1. The summed E-state index contributed by atoms with van der Waals surface area (Å²) in [6.45, 7) is 7.94. The van der Waals surface area contributed by atoms with Crippen LogP contribution in [0.25, 0.3) is 0 Å². The number of nitrogens with one attached hydrogen (secondary N) is 1. The molecule has 0 aliphatic carbocycles. The highest BCUT2D eigenvalue weighted by Gasteiger charge is 2.08. The van der Waals surface area contributed by atoms with Gasteiger partial charge in [-0.25, -0.2) is 0 Å². The van der Waals surface area contributed by atoms with E-state index in [9.17, 15) is 4.79 Å². The zero-order valence-corrected chi connectivity index (χ0v) is 14.5. The molecule has 2 rings (SSSR count). The van der Waals surface area contributed by atoms with E-state index < -0.39 is 0 Å². The smallest absolute Gasteiger partial charge is 0.261 e. The van der Waals surface area contributed by atoms with E-state index >= 15 is 0 Å². The van der Waals surface area contributed by atoms with Crippen molar-refractivity contribution in [2.75, 3.05) is 13.1 Å². The summed E-state index contributed by atoms with van der Waals surface area (Å²) in [7, 11) is 0. The van der Waals surface area contributed by atoms with Crippen LogP contribution in [0.4, 0.5) is 0 Å². The van der Waals surface area contributed by atoms with Crippen molar-refractivity contribution in [2.24, 2.45) is 0 Å². The molecule has 0 aliphatic heterocycles. The van der Waals surface area contributed by atoms with Gasteiger partial charge in [-0.1, -0.05) is 49.7 Å². The summed E-state index contributed by atoms with van der Waals surface area (Å²) in [6, 6.07) is 11.9. The zero-order valence-electron chi connectivity index (χ0n) is 12.9. The Hall–Kier alpha value is -1.36. The van der Waals surface area contributed by atoms with E-state index in [0.29, 0.717) is 15.8 Å². The highest BCUT2D eigenvalue weighted by molar-refractivity contribution is 7.17. The Morgan fingerprint density at radius 1 is 1.09 bits per heavy atom. The Morgan fingerprint density at radius 2 is 1.73 bits per heavy atom. The van der Waals surface area contributed by atoms with Crippen LogP contribution in [0.5, 0.6) is 0 Å². The number of carbonyl (C=O) groups excluding carboxylic acids is 1. The summed E-state index contributed by atoms with van der Waals surface area (Å²) in [5, 5.41) is 2.91. The van der Waals surface area contributed by atoms with Gasteiger partial charge < -0.3 is 5.32 Å². The summed E-state index contributed by atoms with van der Waals surface area (Å²) >= 11 is 7.13. The Balaban J connectivity index is 1.87. The summed E-state index contributed by atoms with van der Waals surface area (Å²) < 4.78 is 0.630. The fourth-order valence-electron chi connectivity index (χ4n) is 2.17. The maximum absolute atomic E-state index is 12.0. The third-order valence-corrected chi connectivity index (χ3v) is 4.80. The van der Waals surface area contributed by atoms with Gasteiger partial charge in [-0.05, 0) is 36.3 Å². The average molecular weight is 337 g/mol. The predicted octanol–water partition coefficient (Wildman–Crippen LogP) is 4.17. The van der Waals surface area contributed by atoms with Gasteiger partial charge in [-0.3, -0.25) is 9.69 Å². The molecular weight excluding hydrogens is 316 g/mol. The minimum Gasteiger partial charge on any atom is -0.347 e. The molecule has 0 bridgehead atoms. The minimum absolute atomic E-state index is 0.0795. The van der Waals surface area contributed by atoms with Gasteiger partial charge in [0.2, 0.25) is 0 Å². The molecular formula is C17H21ClN2OS. The van der Waals surface area contributed by atoms with Gasteiger partial charge in [0.1, 0.15) is 0 Å². The first-order valence-corrected chi connectivity index (χ1v) is 8.65. The van der Waals surface area contributed by atoms with Crippen molar-refractivity contribution >= 4 is 28.8 Å². The van der Waals surface area contributed by atoms with Crippen LogP contribution in [-0.4, -0.2) is 23.9 Å².